The van der Waals surface area contributed by atoms with Gasteiger partial charge in [0, 0.05) is 11.0 Å². The lowest BCUT2D eigenvalue weighted by Crippen LogP contribution is -2.46. The third-order valence-corrected chi connectivity index (χ3v) is 1.89. The van der Waals surface area contributed by atoms with Gasteiger partial charge in [0.25, 0.3) is 0 Å². The summed E-state index contributed by atoms with van der Waals surface area (Å²) in [5.74, 6) is -6.71. The SMILES string of the molecule is CC(C)(C)NC(=O)C(C)(C)C.O=C(C(=O)C(F)(F)F)C(F)(F)F. The number of ketones is 2. The molecule has 0 unspecified atom stereocenters. The van der Waals surface area contributed by atoms with Crippen LogP contribution in [0.25, 0.3) is 0 Å². The fraction of sp³-hybridized carbons (Fsp3) is 0.769. The van der Waals surface area contributed by atoms with Crippen LogP contribution in [0.3, 0.4) is 0 Å². The van der Waals surface area contributed by atoms with E-state index in [9.17, 15) is 40.7 Å². The van der Waals surface area contributed by atoms with E-state index in [0.717, 1.165) is 0 Å². The van der Waals surface area contributed by atoms with Gasteiger partial charge in [-0.1, -0.05) is 20.8 Å². The highest BCUT2D eigenvalue weighted by Gasteiger charge is 2.54. The van der Waals surface area contributed by atoms with Gasteiger partial charge < -0.3 is 5.32 Å². The average molecular weight is 351 g/mol. The van der Waals surface area contributed by atoms with Crippen molar-refractivity contribution >= 4 is 17.5 Å². The Hall–Kier alpha value is -1.61. The molecule has 0 radical (unpaired) electrons. The molecule has 0 bridgehead atoms. The molecule has 136 valence electrons. The second-order valence-corrected chi connectivity index (χ2v) is 6.61. The quantitative estimate of drug-likeness (QED) is 0.583. The third-order valence-electron chi connectivity index (χ3n) is 1.89. The van der Waals surface area contributed by atoms with E-state index in [-0.39, 0.29) is 16.9 Å². The molecule has 0 spiro atoms. The standard InChI is InChI=1S/C9H19NO.C4F6O2/c1-8(2,3)7(11)10-9(4,5)6;5-3(6,7)1(11)2(12)4(8,9)10/h1-6H3,(H,10,11);. The third kappa shape index (κ3) is 10.7. The molecule has 0 aliphatic heterocycles. The summed E-state index contributed by atoms with van der Waals surface area (Å²) in [6.07, 6.45) is -11.5. The molecule has 10 heteroatoms. The van der Waals surface area contributed by atoms with Crippen LogP contribution in [-0.2, 0) is 14.4 Å². The maximum atomic E-state index is 11.4. The molecule has 1 N–H and O–H groups in total. The topological polar surface area (TPSA) is 63.2 Å². The summed E-state index contributed by atoms with van der Waals surface area (Å²) in [6, 6.07) is 0. The van der Waals surface area contributed by atoms with Gasteiger partial charge in [-0.15, -0.1) is 0 Å². The molecule has 0 aromatic carbocycles. The van der Waals surface area contributed by atoms with Crippen LogP contribution in [0.5, 0.6) is 0 Å². The second kappa shape index (κ2) is 7.31. The minimum absolute atomic E-state index is 0.102. The molecule has 0 aliphatic carbocycles. The Morgan fingerprint density at radius 1 is 0.652 bits per heavy atom. The van der Waals surface area contributed by atoms with Crippen molar-refractivity contribution in [1.29, 1.82) is 0 Å². The predicted molar refractivity (Wildman–Crippen MR) is 69.5 cm³/mol. The summed E-state index contributed by atoms with van der Waals surface area (Å²) in [4.78, 5) is 30.6. The summed E-state index contributed by atoms with van der Waals surface area (Å²) in [5, 5.41) is 2.92. The second-order valence-electron chi connectivity index (χ2n) is 6.61. The van der Waals surface area contributed by atoms with Gasteiger partial charge >= 0.3 is 23.9 Å². The van der Waals surface area contributed by atoms with Crippen molar-refractivity contribution in [3.8, 4) is 0 Å². The minimum Gasteiger partial charge on any atom is -0.351 e. The normalized spacial score (nSPS) is 12.9. The Labute approximate surface area is 129 Å². The van der Waals surface area contributed by atoms with Crippen LogP contribution in [0.2, 0.25) is 0 Å². The van der Waals surface area contributed by atoms with E-state index in [1.807, 2.05) is 41.5 Å². The number of Topliss-reactive ketones (excluding diaryl/α,β-unsaturated/α-hetero) is 2. The zero-order valence-corrected chi connectivity index (χ0v) is 13.5. The molecule has 0 aromatic rings. The number of alkyl halides is 6. The Bertz CT molecular complexity index is 428. The lowest BCUT2D eigenvalue weighted by Gasteiger charge is -2.26. The smallest absolute Gasteiger partial charge is 0.351 e. The Kier molecular flexibility index (Phi) is 7.51. The minimum atomic E-state index is -5.77. The first-order valence-electron chi connectivity index (χ1n) is 6.25. The van der Waals surface area contributed by atoms with Crippen molar-refractivity contribution in [3.05, 3.63) is 0 Å². The Morgan fingerprint density at radius 3 is 1.00 bits per heavy atom. The Balaban J connectivity index is 0. The number of amides is 1. The van der Waals surface area contributed by atoms with E-state index >= 15 is 0 Å². The largest absolute Gasteiger partial charge is 0.458 e. The summed E-state index contributed by atoms with van der Waals surface area (Å²) in [5.41, 5.74) is -0.405. The molecule has 0 rings (SSSR count). The van der Waals surface area contributed by atoms with Crippen LogP contribution in [-0.4, -0.2) is 35.4 Å². The predicted octanol–water partition coefficient (Wildman–Crippen LogP) is 3.20. The number of nitrogens with one attached hydrogen (secondary N) is 1. The van der Waals surface area contributed by atoms with Crippen molar-refractivity contribution in [1.82, 2.24) is 5.32 Å². The maximum absolute atomic E-state index is 11.4. The average Bonchev–Trinajstić information content (AvgIpc) is 2.21. The van der Waals surface area contributed by atoms with Crippen molar-refractivity contribution in [2.45, 2.75) is 59.4 Å². The fourth-order valence-corrected chi connectivity index (χ4v) is 0.786. The van der Waals surface area contributed by atoms with Crippen molar-refractivity contribution in [3.63, 3.8) is 0 Å². The number of hydrogen-bond donors (Lipinski definition) is 1. The van der Waals surface area contributed by atoms with Gasteiger partial charge in [-0.2, -0.15) is 26.3 Å². The van der Waals surface area contributed by atoms with E-state index in [4.69, 9.17) is 0 Å². The van der Waals surface area contributed by atoms with Crippen LogP contribution >= 0.6 is 0 Å². The zero-order valence-electron chi connectivity index (χ0n) is 13.5. The monoisotopic (exact) mass is 351 g/mol. The highest BCUT2D eigenvalue weighted by molar-refractivity contribution is 6.41. The van der Waals surface area contributed by atoms with Crippen LogP contribution in [0.1, 0.15) is 41.5 Å². The van der Waals surface area contributed by atoms with Crippen molar-refractivity contribution in [2.75, 3.05) is 0 Å². The lowest BCUT2D eigenvalue weighted by molar-refractivity contribution is -0.193. The van der Waals surface area contributed by atoms with E-state index in [1.165, 1.54) is 0 Å². The van der Waals surface area contributed by atoms with Crippen LogP contribution < -0.4 is 5.32 Å². The summed E-state index contributed by atoms with van der Waals surface area (Å²) in [7, 11) is 0. The van der Waals surface area contributed by atoms with Gasteiger partial charge in [0.2, 0.25) is 5.91 Å². The molecule has 0 heterocycles. The molecular formula is C13H19F6NO3. The molecule has 0 fully saturated rings. The Morgan fingerprint density at radius 2 is 0.913 bits per heavy atom. The van der Waals surface area contributed by atoms with E-state index in [0.29, 0.717) is 0 Å². The molecule has 0 aliphatic rings. The number of rotatable bonds is 1. The molecule has 0 saturated heterocycles. The van der Waals surface area contributed by atoms with Crippen molar-refractivity contribution < 1.29 is 40.7 Å². The first-order chi connectivity index (χ1) is 9.69. The van der Waals surface area contributed by atoms with Gasteiger partial charge in [0.05, 0.1) is 0 Å². The van der Waals surface area contributed by atoms with Crippen LogP contribution in [0.15, 0.2) is 0 Å². The zero-order chi connectivity index (χ0) is 19.4. The highest BCUT2D eigenvalue weighted by atomic mass is 19.4. The molecule has 1 amide bonds. The number of carbonyl (C=O) groups excluding carboxylic acids is 3. The molecule has 23 heavy (non-hydrogen) atoms. The summed E-state index contributed by atoms with van der Waals surface area (Å²) in [6.45, 7) is 11.7. The molecular weight excluding hydrogens is 332 g/mol. The highest BCUT2D eigenvalue weighted by Crippen LogP contribution is 2.24. The van der Waals surface area contributed by atoms with Crippen LogP contribution in [0, 0.1) is 5.41 Å². The number of carbonyl (C=O) groups is 3. The van der Waals surface area contributed by atoms with E-state index < -0.39 is 23.9 Å². The molecule has 0 atom stereocenters. The number of halogens is 6. The fourth-order valence-electron chi connectivity index (χ4n) is 0.786. The number of hydrogen-bond acceptors (Lipinski definition) is 3. The van der Waals surface area contributed by atoms with Gasteiger partial charge in [-0.25, -0.2) is 0 Å². The van der Waals surface area contributed by atoms with Gasteiger partial charge in [-0.05, 0) is 20.8 Å². The first-order valence-corrected chi connectivity index (χ1v) is 6.25. The molecule has 4 nitrogen and oxygen atoms in total. The van der Waals surface area contributed by atoms with Gasteiger partial charge in [0.1, 0.15) is 0 Å². The lowest BCUT2D eigenvalue weighted by atomic mass is 9.94. The van der Waals surface area contributed by atoms with E-state index in [1.54, 1.807) is 0 Å². The van der Waals surface area contributed by atoms with Gasteiger partial charge in [-0.3, -0.25) is 14.4 Å². The molecule has 0 aromatic heterocycles. The summed E-state index contributed by atoms with van der Waals surface area (Å²) < 4.78 is 67.0. The maximum Gasteiger partial charge on any atom is 0.458 e. The van der Waals surface area contributed by atoms with E-state index in [2.05, 4.69) is 5.32 Å². The van der Waals surface area contributed by atoms with Crippen LogP contribution in [0.4, 0.5) is 26.3 Å². The van der Waals surface area contributed by atoms with Gasteiger partial charge in [0.15, 0.2) is 0 Å². The molecule has 0 saturated carbocycles. The summed E-state index contributed by atoms with van der Waals surface area (Å²) >= 11 is 0. The first kappa shape index (κ1) is 23.7. The van der Waals surface area contributed by atoms with Crippen molar-refractivity contribution in [2.24, 2.45) is 5.41 Å².